The van der Waals surface area contributed by atoms with Crippen LogP contribution >= 0.6 is 0 Å². The molecule has 3 aromatic rings. The normalized spacial score (nSPS) is 20.5. The first-order chi connectivity index (χ1) is 16.8. The Morgan fingerprint density at radius 2 is 1.86 bits per heavy atom. The molecule has 0 saturated carbocycles. The highest BCUT2D eigenvalue weighted by molar-refractivity contribution is 7.92. The SMILES string of the molecule is COc1ccc(C)cc1NS(=O)(=O)c1ccc2c(c1)[C@@H]1C=CC[C@@H]1[C@H](c1ccc(C(=O)O)cc1)N2. The summed E-state index contributed by atoms with van der Waals surface area (Å²) < 4.78 is 34.6. The molecule has 0 saturated heterocycles. The quantitative estimate of drug-likeness (QED) is 0.404. The minimum Gasteiger partial charge on any atom is -0.495 e. The van der Waals surface area contributed by atoms with Gasteiger partial charge in [-0.2, -0.15) is 0 Å². The second-order valence-electron chi connectivity index (χ2n) is 8.96. The summed E-state index contributed by atoms with van der Waals surface area (Å²) in [5.74, 6) is -0.251. The number of nitrogens with one attached hydrogen (secondary N) is 2. The van der Waals surface area contributed by atoms with E-state index in [0.29, 0.717) is 11.4 Å². The second kappa shape index (κ2) is 8.78. The molecular weight excluding hydrogens is 464 g/mol. The third-order valence-corrected chi connectivity index (χ3v) is 8.12. The van der Waals surface area contributed by atoms with Crippen molar-refractivity contribution < 1.29 is 23.1 Å². The Hall–Kier alpha value is -3.78. The lowest BCUT2D eigenvalue weighted by molar-refractivity contribution is 0.0697. The topological polar surface area (TPSA) is 105 Å². The van der Waals surface area contributed by atoms with Gasteiger partial charge in [-0.25, -0.2) is 13.2 Å². The number of anilines is 2. The standard InChI is InChI=1S/C27H26N2O5S/c1-16-6-13-25(34-2)24(14-16)29-35(32,33)19-11-12-23-22(15-19)20-4-3-5-21(20)26(28-23)17-7-9-18(10-8-17)27(30)31/h3-4,6-15,20-21,26,28-29H,5H2,1-2H3,(H,30,31)/t20-,21+,26+/m1/s1. The summed E-state index contributed by atoms with van der Waals surface area (Å²) in [6, 6.07) is 17.4. The fourth-order valence-corrected chi connectivity index (χ4v) is 6.10. The molecule has 0 unspecified atom stereocenters. The second-order valence-corrected chi connectivity index (χ2v) is 10.6. The van der Waals surface area contributed by atoms with E-state index in [9.17, 15) is 18.3 Å². The van der Waals surface area contributed by atoms with Gasteiger partial charge in [0.25, 0.3) is 10.0 Å². The number of carboxylic acid groups (broad SMARTS) is 1. The molecule has 3 N–H and O–H groups in total. The minimum absolute atomic E-state index is 0.0116. The van der Waals surface area contributed by atoms with Crippen LogP contribution in [0.1, 0.15) is 45.4 Å². The number of aryl methyl sites for hydroxylation is 1. The summed E-state index contributed by atoms with van der Waals surface area (Å²) in [5, 5.41) is 12.8. The number of sulfonamides is 1. The largest absolute Gasteiger partial charge is 0.495 e. The first-order valence-electron chi connectivity index (χ1n) is 11.3. The molecule has 0 fully saturated rings. The van der Waals surface area contributed by atoms with Gasteiger partial charge in [0, 0.05) is 11.6 Å². The Kier molecular flexibility index (Phi) is 5.76. The first-order valence-corrected chi connectivity index (χ1v) is 12.8. The number of allylic oxidation sites excluding steroid dienone is 2. The zero-order chi connectivity index (χ0) is 24.7. The van der Waals surface area contributed by atoms with E-state index >= 15 is 0 Å². The Morgan fingerprint density at radius 1 is 1.09 bits per heavy atom. The van der Waals surface area contributed by atoms with Gasteiger partial charge in [0.1, 0.15) is 5.75 Å². The predicted octanol–water partition coefficient (Wildman–Crippen LogP) is 5.33. The molecule has 0 spiro atoms. The van der Waals surface area contributed by atoms with Crippen LogP contribution in [-0.2, 0) is 10.0 Å². The zero-order valence-corrected chi connectivity index (χ0v) is 20.2. The summed E-state index contributed by atoms with van der Waals surface area (Å²) in [4.78, 5) is 11.4. The highest BCUT2D eigenvalue weighted by Gasteiger charge is 2.38. The number of hydrogen-bond donors (Lipinski definition) is 3. The maximum Gasteiger partial charge on any atom is 0.335 e. The van der Waals surface area contributed by atoms with Crippen LogP contribution in [0.2, 0.25) is 0 Å². The van der Waals surface area contributed by atoms with Crippen molar-refractivity contribution in [3.63, 3.8) is 0 Å². The summed E-state index contributed by atoms with van der Waals surface area (Å²) >= 11 is 0. The molecule has 35 heavy (non-hydrogen) atoms. The van der Waals surface area contributed by atoms with Gasteiger partial charge >= 0.3 is 5.97 Å². The predicted molar refractivity (Wildman–Crippen MR) is 135 cm³/mol. The molecule has 1 aliphatic heterocycles. The van der Waals surface area contributed by atoms with Crippen molar-refractivity contribution in [3.8, 4) is 5.75 Å². The van der Waals surface area contributed by atoms with Crippen LogP contribution in [0.5, 0.6) is 5.75 Å². The van der Waals surface area contributed by atoms with Crippen molar-refractivity contribution in [2.24, 2.45) is 5.92 Å². The molecule has 0 amide bonds. The molecule has 0 aromatic heterocycles. The summed E-state index contributed by atoms with van der Waals surface area (Å²) in [6.45, 7) is 1.89. The van der Waals surface area contributed by atoms with Gasteiger partial charge in [0.15, 0.2) is 0 Å². The van der Waals surface area contributed by atoms with E-state index in [1.807, 2.05) is 25.1 Å². The number of methoxy groups -OCH3 is 1. The molecule has 0 radical (unpaired) electrons. The van der Waals surface area contributed by atoms with Crippen molar-refractivity contribution in [1.29, 1.82) is 0 Å². The molecule has 1 aliphatic carbocycles. The molecule has 8 heteroatoms. The smallest absolute Gasteiger partial charge is 0.335 e. The lowest BCUT2D eigenvalue weighted by Gasteiger charge is -2.37. The van der Waals surface area contributed by atoms with Crippen LogP contribution in [0.15, 0.2) is 77.7 Å². The summed E-state index contributed by atoms with van der Waals surface area (Å²) in [7, 11) is -2.34. The van der Waals surface area contributed by atoms with E-state index in [4.69, 9.17) is 4.74 Å². The summed E-state index contributed by atoms with van der Waals surface area (Å²) in [6.07, 6.45) is 5.11. The number of hydrogen-bond acceptors (Lipinski definition) is 5. The van der Waals surface area contributed by atoms with Crippen LogP contribution in [0.4, 0.5) is 11.4 Å². The van der Waals surface area contributed by atoms with Gasteiger partial charge in [-0.1, -0.05) is 30.4 Å². The van der Waals surface area contributed by atoms with Gasteiger partial charge in [0.2, 0.25) is 0 Å². The maximum absolute atomic E-state index is 13.3. The third-order valence-electron chi connectivity index (χ3n) is 6.76. The summed E-state index contributed by atoms with van der Waals surface area (Å²) in [5.41, 5.74) is 4.37. The van der Waals surface area contributed by atoms with Crippen molar-refractivity contribution >= 4 is 27.4 Å². The molecule has 3 aromatic carbocycles. The number of benzene rings is 3. The Bertz CT molecular complexity index is 1430. The molecule has 1 heterocycles. The Labute approximate surface area is 204 Å². The molecule has 3 atom stereocenters. The van der Waals surface area contributed by atoms with Gasteiger partial charge in [0.05, 0.1) is 29.3 Å². The number of carboxylic acids is 1. The van der Waals surface area contributed by atoms with Crippen LogP contribution in [0.3, 0.4) is 0 Å². The van der Waals surface area contributed by atoms with E-state index in [2.05, 4.69) is 22.2 Å². The maximum atomic E-state index is 13.3. The Morgan fingerprint density at radius 3 is 2.57 bits per heavy atom. The van der Waals surface area contributed by atoms with Crippen molar-refractivity contribution in [2.75, 3.05) is 17.1 Å². The highest BCUT2D eigenvalue weighted by atomic mass is 32.2. The van der Waals surface area contributed by atoms with Crippen LogP contribution in [0.25, 0.3) is 0 Å². The molecule has 7 nitrogen and oxygen atoms in total. The van der Waals surface area contributed by atoms with Gasteiger partial charge in [-0.3, -0.25) is 4.72 Å². The van der Waals surface area contributed by atoms with Crippen molar-refractivity contribution in [2.45, 2.75) is 30.2 Å². The fourth-order valence-electron chi connectivity index (χ4n) is 5.01. The minimum atomic E-state index is -3.84. The molecule has 2 aliphatic rings. The van der Waals surface area contributed by atoms with Crippen molar-refractivity contribution in [3.05, 3.63) is 95.1 Å². The number of rotatable bonds is 6. The fraction of sp³-hybridized carbons (Fsp3) is 0.222. The zero-order valence-electron chi connectivity index (χ0n) is 19.4. The average molecular weight is 491 g/mol. The molecule has 5 rings (SSSR count). The van der Waals surface area contributed by atoms with E-state index in [1.165, 1.54) is 7.11 Å². The number of aromatic carboxylic acids is 1. The van der Waals surface area contributed by atoms with Gasteiger partial charge < -0.3 is 15.2 Å². The van der Waals surface area contributed by atoms with Gasteiger partial charge in [-0.15, -0.1) is 0 Å². The monoisotopic (exact) mass is 490 g/mol. The van der Waals surface area contributed by atoms with E-state index in [0.717, 1.165) is 28.8 Å². The lowest BCUT2D eigenvalue weighted by atomic mass is 9.77. The molecule has 180 valence electrons. The van der Waals surface area contributed by atoms with E-state index in [-0.39, 0.29) is 28.3 Å². The number of carbonyl (C=O) groups is 1. The number of fused-ring (bicyclic) bond motifs is 3. The first kappa shape index (κ1) is 23.0. The van der Waals surface area contributed by atoms with Gasteiger partial charge in [-0.05, 0) is 78.4 Å². The van der Waals surface area contributed by atoms with Crippen LogP contribution < -0.4 is 14.8 Å². The van der Waals surface area contributed by atoms with Crippen LogP contribution in [-0.4, -0.2) is 26.6 Å². The highest BCUT2D eigenvalue weighted by Crippen LogP contribution is 2.50. The van der Waals surface area contributed by atoms with Crippen molar-refractivity contribution in [1.82, 2.24) is 0 Å². The Balaban J connectivity index is 1.47. The molecular formula is C27H26N2O5S. The third kappa shape index (κ3) is 4.25. The average Bonchev–Trinajstić information content (AvgIpc) is 3.33. The lowest BCUT2D eigenvalue weighted by Crippen LogP contribution is -2.29. The van der Waals surface area contributed by atoms with Crippen LogP contribution in [0, 0.1) is 12.8 Å². The molecule has 0 bridgehead atoms. The van der Waals surface area contributed by atoms with E-state index in [1.54, 1.807) is 42.5 Å². The van der Waals surface area contributed by atoms with E-state index < -0.39 is 16.0 Å². The number of ether oxygens (including phenoxy) is 1.